The zero-order chi connectivity index (χ0) is 101. The number of carbonyl (C=O) groups is 8. The Balaban J connectivity index is 0.000000126. The number of hydrogen-bond acceptors (Lipinski definition) is 20. The molecule has 20 nitrogen and oxygen atoms in total. The van der Waals surface area contributed by atoms with E-state index in [1.165, 1.54) is 57.8 Å². The van der Waals surface area contributed by atoms with Crippen LogP contribution < -0.4 is 0 Å². The second kappa shape index (κ2) is 40.1. The van der Waals surface area contributed by atoms with Crippen LogP contribution in [-0.4, -0.2) is 140 Å². The molecule has 780 valence electrons. The molecule has 4 aliphatic heterocycles. The molecule has 21 rings (SSSR count). The number of rotatable bonds is 12. The second-order valence-corrected chi connectivity index (χ2v) is 55.6. The molecule has 0 aromatic heterocycles. The molecular weight excluding hydrogens is 1730 g/mol. The van der Waals surface area contributed by atoms with Crippen LogP contribution in [-0.2, 0) is 76.3 Å². The fraction of sp³-hybridized carbons (Fsp3) is 0.932. The summed E-state index contributed by atoms with van der Waals surface area (Å²) in [5.74, 6) is 23.8. The number of hydrogen-bond donors (Lipinski definition) is 4. The van der Waals surface area contributed by atoms with Gasteiger partial charge in [-0.05, 0) is 451 Å². The smallest absolute Gasteiger partial charge is 0.312 e. The SMILES string of the molecule is CC1C2CC(C(O)CC(=O)OC(C)(C)C)C(C2)C1C.CC1C2CC(C1C)C(C(C)(O)CC(=O)OC(C)(C)C)C2.CC1C2CC(C1C)C1(CCCC1(O)CC(=O)OC(C)(C)C)C2.CC1C2CC(C1C)C1(CCOC1=O)C2.CC1C2CC(C1C)C1(CCOC1=O)C2.CC1C2CC(C1C)C1(CCOC1=O)C2.CC1C2CC(C1C)C1(CCOC1=O)C2.CC1C2CC(CC(O)CC(=O)OC(C)(C)C)C(C2)C1C. The summed E-state index contributed by atoms with van der Waals surface area (Å²) >= 11 is 0. The van der Waals surface area contributed by atoms with Crippen molar-refractivity contribution in [3.8, 4) is 0 Å². The third kappa shape index (κ3) is 21.1. The monoisotopic (exact) mass is 1920 g/mol. The van der Waals surface area contributed by atoms with Crippen LogP contribution in [0, 0.1) is 234 Å². The van der Waals surface area contributed by atoms with Gasteiger partial charge in [-0.3, -0.25) is 38.4 Å². The van der Waals surface area contributed by atoms with Crippen LogP contribution in [0.1, 0.15) is 381 Å². The van der Waals surface area contributed by atoms with Gasteiger partial charge in [0.15, 0.2) is 0 Å². The van der Waals surface area contributed by atoms with Gasteiger partial charge in [-0.1, -0.05) is 111 Å². The Hall–Kier alpha value is -4.40. The van der Waals surface area contributed by atoms with E-state index in [4.69, 9.17) is 37.9 Å². The third-order valence-corrected chi connectivity index (χ3v) is 44.5. The van der Waals surface area contributed by atoms with Crippen molar-refractivity contribution in [3.05, 3.63) is 0 Å². The lowest BCUT2D eigenvalue weighted by atomic mass is 9.58. The highest BCUT2D eigenvalue weighted by molar-refractivity contribution is 5.82. The zero-order valence-corrected chi connectivity index (χ0v) is 90.8. The van der Waals surface area contributed by atoms with Crippen molar-refractivity contribution >= 4 is 47.8 Å². The number of esters is 8. The molecule has 0 aromatic rings. The van der Waals surface area contributed by atoms with Crippen LogP contribution >= 0.6 is 0 Å². The number of aliphatic hydroxyl groups is 4. The summed E-state index contributed by atoms with van der Waals surface area (Å²) in [5.41, 5.74) is -3.88. The first kappa shape index (κ1) is 108. The predicted molar refractivity (Wildman–Crippen MR) is 529 cm³/mol. The lowest BCUT2D eigenvalue weighted by molar-refractivity contribution is -0.171. The molecule has 44 unspecified atom stereocenters. The molecule has 0 amide bonds. The van der Waals surface area contributed by atoms with E-state index in [2.05, 4.69) is 111 Å². The minimum atomic E-state index is -0.934. The van der Waals surface area contributed by atoms with Gasteiger partial charge in [-0.25, -0.2) is 0 Å². The minimum absolute atomic E-state index is 0.0273. The summed E-state index contributed by atoms with van der Waals surface area (Å²) in [4.78, 5) is 95.1. The molecular formula is C117H192O20. The minimum Gasteiger partial charge on any atom is -0.465 e. The normalized spacial score (nSPS) is 47.2. The number of ether oxygens (including phenoxy) is 8. The Kier molecular flexibility index (Phi) is 31.7. The molecule has 0 radical (unpaired) electrons. The van der Waals surface area contributed by atoms with Gasteiger partial charge in [-0.15, -0.1) is 0 Å². The Bertz CT molecular complexity index is 4030. The van der Waals surface area contributed by atoms with Gasteiger partial charge >= 0.3 is 47.8 Å². The van der Waals surface area contributed by atoms with Crippen LogP contribution in [0.2, 0.25) is 0 Å². The van der Waals surface area contributed by atoms with Crippen LogP contribution in [0.5, 0.6) is 0 Å². The molecule has 21 fully saturated rings. The summed E-state index contributed by atoms with van der Waals surface area (Å²) in [7, 11) is 0. The van der Waals surface area contributed by atoms with E-state index in [0.29, 0.717) is 97.4 Å². The molecule has 17 aliphatic carbocycles. The van der Waals surface area contributed by atoms with Crippen LogP contribution in [0.15, 0.2) is 0 Å². The molecule has 16 bridgehead atoms. The van der Waals surface area contributed by atoms with Crippen molar-refractivity contribution in [2.45, 2.75) is 426 Å². The Morgan fingerprint density at radius 2 is 0.657 bits per heavy atom. The molecule has 4 heterocycles. The van der Waals surface area contributed by atoms with E-state index in [0.717, 1.165) is 227 Å². The van der Waals surface area contributed by atoms with Crippen LogP contribution in [0.25, 0.3) is 0 Å². The lowest BCUT2D eigenvalue weighted by Crippen LogP contribution is -2.51. The highest BCUT2D eigenvalue weighted by Gasteiger charge is 2.70. The maximum absolute atomic E-state index is 12.3. The largest absolute Gasteiger partial charge is 0.465 e. The summed E-state index contributed by atoms with van der Waals surface area (Å²) in [5, 5.41) is 42.7. The molecule has 4 saturated heterocycles. The lowest BCUT2D eigenvalue weighted by Gasteiger charge is -2.49. The quantitative estimate of drug-likeness (QED) is 0.104. The number of fused-ring (bicyclic) bond motifs is 21. The van der Waals surface area contributed by atoms with Crippen molar-refractivity contribution in [1.29, 1.82) is 0 Å². The van der Waals surface area contributed by atoms with E-state index in [-0.39, 0.29) is 106 Å². The Labute approximate surface area is 826 Å². The van der Waals surface area contributed by atoms with Gasteiger partial charge in [0, 0.05) is 5.41 Å². The fourth-order valence-electron chi connectivity index (χ4n) is 36.1. The highest BCUT2D eigenvalue weighted by atomic mass is 16.6. The maximum Gasteiger partial charge on any atom is 0.312 e. The summed E-state index contributed by atoms with van der Waals surface area (Å²) in [6.45, 7) is 64.3. The summed E-state index contributed by atoms with van der Waals surface area (Å²) in [6, 6.07) is 0. The highest BCUT2D eigenvalue weighted by Crippen LogP contribution is 2.73. The topological polar surface area (TPSA) is 291 Å². The molecule has 20 heteroatoms. The summed E-state index contributed by atoms with van der Waals surface area (Å²) in [6.07, 6.45) is 26.2. The van der Waals surface area contributed by atoms with Crippen molar-refractivity contribution < 1.29 is 96.7 Å². The molecule has 4 N–H and O–H groups in total. The van der Waals surface area contributed by atoms with E-state index in [9.17, 15) is 58.8 Å². The van der Waals surface area contributed by atoms with Crippen molar-refractivity contribution in [1.82, 2.24) is 0 Å². The van der Waals surface area contributed by atoms with Gasteiger partial charge in [0.2, 0.25) is 0 Å². The predicted octanol–water partition coefficient (Wildman–Crippen LogP) is 22.7. The van der Waals surface area contributed by atoms with Gasteiger partial charge in [-0.2, -0.15) is 0 Å². The van der Waals surface area contributed by atoms with E-state index in [1.807, 2.05) is 90.0 Å². The molecule has 21 aliphatic rings. The first-order valence-electron chi connectivity index (χ1n) is 55.9. The number of cyclic esters (lactones) is 4. The Morgan fingerprint density at radius 1 is 0.343 bits per heavy atom. The first-order valence-corrected chi connectivity index (χ1v) is 55.9. The van der Waals surface area contributed by atoms with Crippen molar-refractivity contribution in [3.63, 3.8) is 0 Å². The summed E-state index contributed by atoms with van der Waals surface area (Å²) < 4.78 is 42.2. The average molecular weight is 1920 g/mol. The van der Waals surface area contributed by atoms with Crippen molar-refractivity contribution in [2.75, 3.05) is 26.4 Å². The van der Waals surface area contributed by atoms with Crippen LogP contribution in [0.4, 0.5) is 0 Å². The van der Waals surface area contributed by atoms with E-state index >= 15 is 0 Å². The van der Waals surface area contributed by atoms with Crippen molar-refractivity contribution in [2.24, 2.45) is 234 Å². The Morgan fingerprint density at radius 3 is 0.971 bits per heavy atom. The van der Waals surface area contributed by atoms with E-state index < -0.39 is 45.8 Å². The number of aliphatic hydroxyl groups excluding tert-OH is 2. The average Bonchev–Trinajstić information content (AvgIpc) is 1.51. The van der Waals surface area contributed by atoms with Gasteiger partial charge < -0.3 is 58.3 Å². The second-order valence-electron chi connectivity index (χ2n) is 55.6. The first-order chi connectivity index (χ1) is 63.5. The van der Waals surface area contributed by atoms with Gasteiger partial charge in [0.25, 0.3) is 0 Å². The molecule has 17 saturated carbocycles. The van der Waals surface area contributed by atoms with E-state index in [1.54, 1.807) is 0 Å². The van der Waals surface area contributed by atoms with Gasteiger partial charge in [0.05, 0.1) is 97.2 Å². The molecule has 137 heavy (non-hydrogen) atoms. The van der Waals surface area contributed by atoms with Gasteiger partial charge in [0.1, 0.15) is 22.4 Å². The molecule has 0 aromatic carbocycles. The molecule has 44 atom stereocenters. The molecule has 5 spiro atoms. The zero-order valence-electron chi connectivity index (χ0n) is 90.8. The van der Waals surface area contributed by atoms with Crippen LogP contribution in [0.3, 0.4) is 0 Å². The number of carbonyl (C=O) groups excluding carboxylic acids is 8. The standard InChI is InChI=1S/C19H32O3.2C17H30O3.C16H28O3.4C12H18O2/c1-12-13(2)15-9-14(12)10-18(15)7-6-8-19(18,21)11-16(20)22-17(3,4)5;1-10-11(2)13-7-12(10)8-14(13)17(6,19)9-15(18)20-16(3,4)5;1-10-11(2)15-8-12(10)6-13(15)7-14(18)9-16(19)20-17(3,4)5;1-9-10(2)12-6-11(9)7-13(12)14(17)8-15(18)19-16(3,4)5;4*1-7-8(2)10-5-9(7)6-12(10)3-4-14-11(12)13/h12-15,21H,6-11H2,1-5H3;10-14,19H,7-9H2,1-6H3;10-15,18H,6-9H2,1-5H3;9-14,17H,6-8H2,1-5H3;4*7-10H,3-6H2,1-2H3. The third-order valence-electron chi connectivity index (χ3n) is 44.5. The fourth-order valence-corrected chi connectivity index (χ4v) is 36.1. The maximum atomic E-state index is 12.3.